The van der Waals surface area contributed by atoms with E-state index in [9.17, 15) is 9.18 Å². The second-order valence-electron chi connectivity index (χ2n) is 4.20. The van der Waals surface area contributed by atoms with Crippen LogP contribution >= 0.6 is 11.8 Å². The van der Waals surface area contributed by atoms with E-state index in [2.05, 4.69) is 4.98 Å². The molecule has 2 rings (SSSR count). The molecule has 0 saturated heterocycles. The zero-order valence-electron chi connectivity index (χ0n) is 10.7. The Hall–Kier alpha value is -1.62. The summed E-state index contributed by atoms with van der Waals surface area (Å²) in [6.07, 6.45) is 4.91. The molecule has 0 bridgehead atoms. The minimum Gasteiger partial charge on any atom is -0.329 e. The Kier molecular flexibility index (Phi) is 4.74. The number of aryl methyl sites for hydroxylation is 1. The second kappa shape index (κ2) is 6.52. The maximum Gasteiger partial charge on any atom is 0.167 e. The molecule has 3 nitrogen and oxygen atoms in total. The molecule has 0 aliphatic heterocycles. The molecule has 0 aliphatic carbocycles. The fourth-order valence-corrected chi connectivity index (χ4v) is 2.54. The lowest BCUT2D eigenvalue weighted by atomic mass is 10.1. The molecule has 5 heteroatoms. The van der Waals surface area contributed by atoms with E-state index in [1.165, 1.54) is 24.3 Å². The lowest BCUT2D eigenvalue weighted by molar-refractivity contribution is 0.0982. The third-order valence-corrected chi connectivity index (χ3v) is 3.87. The largest absolute Gasteiger partial charge is 0.329 e. The van der Waals surface area contributed by atoms with E-state index in [0.717, 1.165) is 17.3 Å². The van der Waals surface area contributed by atoms with Gasteiger partial charge in [-0.15, -0.1) is 0 Å². The number of Topliss-reactive ketones (excluding diaryl/α,β-unsaturated/α-hetero) is 1. The quantitative estimate of drug-likeness (QED) is 0.462. The number of benzene rings is 1. The standard InChI is InChI=1S/C14H15FN2OS/c1-17-9-8-16-14(17)19-10-2-3-13(18)11-4-6-12(15)7-5-11/h4-9H,2-3,10H2,1H3. The molecule has 0 spiro atoms. The van der Waals surface area contributed by atoms with Gasteiger partial charge in [0.1, 0.15) is 5.82 Å². The number of aromatic nitrogens is 2. The molecule has 1 aromatic heterocycles. The van der Waals surface area contributed by atoms with Gasteiger partial charge in [0, 0.05) is 37.2 Å². The first-order chi connectivity index (χ1) is 9.16. The van der Waals surface area contributed by atoms with Crippen LogP contribution in [0.3, 0.4) is 0 Å². The lowest BCUT2D eigenvalue weighted by Gasteiger charge is -2.02. The summed E-state index contributed by atoms with van der Waals surface area (Å²) in [5.74, 6) is 0.583. The summed E-state index contributed by atoms with van der Waals surface area (Å²) in [5, 5.41) is 0.953. The number of ketones is 1. The Morgan fingerprint density at radius 2 is 2.11 bits per heavy atom. The minimum absolute atomic E-state index is 0.0560. The molecule has 100 valence electrons. The number of hydrogen-bond donors (Lipinski definition) is 0. The van der Waals surface area contributed by atoms with Gasteiger partial charge in [0.2, 0.25) is 0 Å². The summed E-state index contributed by atoms with van der Waals surface area (Å²) in [7, 11) is 1.94. The Bertz CT molecular complexity index is 551. The van der Waals surface area contributed by atoms with Crippen molar-refractivity contribution in [3.05, 3.63) is 48.0 Å². The molecule has 0 fully saturated rings. The minimum atomic E-state index is -0.318. The van der Waals surface area contributed by atoms with Crippen LogP contribution in [0.25, 0.3) is 0 Å². The van der Waals surface area contributed by atoms with Gasteiger partial charge in [0.25, 0.3) is 0 Å². The predicted molar refractivity (Wildman–Crippen MR) is 73.9 cm³/mol. The van der Waals surface area contributed by atoms with E-state index in [1.807, 2.05) is 17.8 Å². The first kappa shape index (κ1) is 13.8. The maximum atomic E-state index is 12.7. The molecule has 0 aliphatic rings. The molecule has 0 saturated carbocycles. The smallest absolute Gasteiger partial charge is 0.167 e. The van der Waals surface area contributed by atoms with Gasteiger partial charge in [-0.25, -0.2) is 9.37 Å². The zero-order chi connectivity index (χ0) is 13.7. The van der Waals surface area contributed by atoms with Crippen LogP contribution in [0.5, 0.6) is 0 Å². The highest BCUT2D eigenvalue weighted by Crippen LogP contribution is 2.17. The van der Waals surface area contributed by atoms with Crippen LogP contribution < -0.4 is 0 Å². The van der Waals surface area contributed by atoms with Gasteiger partial charge in [-0.05, 0) is 30.7 Å². The molecule has 1 heterocycles. The van der Waals surface area contributed by atoms with Crippen LogP contribution in [0.1, 0.15) is 23.2 Å². The Morgan fingerprint density at radius 3 is 2.74 bits per heavy atom. The van der Waals surface area contributed by atoms with E-state index >= 15 is 0 Å². The highest BCUT2D eigenvalue weighted by molar-refractivity contribution is 7.99. The van der Waals surface area contributed by atoms with E-state index in [-0.39, 0.29) is 11.6 Å². The van der Waals surface area contributed by atoms with Gasteiger partial charge in [-0.1, -0.05) is 11.8 Å². The van der Waals surface area contributed by atoms with Crippen LogP contribution in [0.4, 0.5) is 4.39 Å². The number of rotatable bonds is 6. The van der Waals surface area contributed by atoms with Gasteiger partial charge in [-0.3, -0.25) is 4.79 Å². The summed E-state index contributed by atoms with van der Waals surface area (Å²) < 4.78 is 14.7. The van der Waals surface area contributed by atoms with Crippen molar-refractivity contribution < 1.29 is 9.18 Å². The average molecular weight is 278 g/mol. The first-order valence-corrected chi connectivity index (χ1v) is 7.04. The Morgan fingerprint density at radius 1 is 1.37 bits per heavy atom. The molecular weight excluding hydrogens is 263 g/mol. The number of carbonyl (C=O) groups excluding carboxylic acids is 1. The fourth-order valence-electron chi connectivity index (χ4n) is 1.67. The van der Waals surface area contributed by atoms with Crippen molar-refractivity contribution in [2.24, 2.45) is 7.05 Å². The number of halogens is 1. The summed E-state index contributed by atoms with van der Waals surface area (Å²) in [6, 6.07) is 5.69. The van der Waals surface area contributed by atoms with Gasteiger partial charge in [-0.2, -0.15) is 0 Å². The Labute approximate surface area is 115 Å². The number of nitrogens with zero attached hydrogens (tertiary/aromatic N) is 2. The summed E-state index contributed by atoms with van der Waals surface area (Å²) in [6.45, 7) is 0. The summed E-state index contributed by atoms with van der Waals surface area (Å²) >= 11 is 1.63. The number of carbonyl (C=O) groups is 1. The SMILES string of the molecule is Cn1ccnc1SCCCC(=O)c1ccc(F)cc1. The Balaban J connectivity index is 1.75. The molecule has 0 N–H and O–H groups in total. The van der Waals surface area contributed by atoms with Crippen LogP contribution in [-0.4, -0.2) is 21.1 Å². The van der Waals surface area contributed by atoms with Crippen molar-refractivity contribution in [2.45, 2.75) is 18.0 Å². The normalized spacial score (nSPS) is 10.6. The van der Waals surface area contributed by atoms with Crippen LogP contribution in [-0.2, 0) is 7.05 Å². The third-order valence-electron chi connectivity index (χ3n) is 2.72. The van der Waals surface area contributed by atoms with Gasteiger partial charge in [0.05, 0.1) is 0 Å². The molecule has 2 aromatic rings. The summed E-state index contributed by atoms with van der Waals surface area (Å²) in [5.41, 5.74) is 0.573. The molecule has 0 atom stereocenters. The topological polar surface area (TPSA) is 34.9 Å². The van der Waals surface area contributed by atoms with E-state index in [4.69, 9.17) is 0 Å². The van der Waals surface area contributed by atoms with Crippen LogP contribution in [0, 0.1) is 5.82 Å². The maximum absolute atomic E-state index is 12.7. The van der Waals surface area contributed by atoms with Crippen molar-refractivity contribution in [2.75, 3.05) is 5.75 Å². The lowest BCUT2D eigenvalue weighted by Crippen LogP contribution is -2.00. The zero-order valence-corrected chi connectivity index (χ0v) is 11.5. The molecule has 0 amide bonds. The van der Waals surface area contributed by atoms with E-state index in [1.54, 1.807) is 18.0 Å². The molecule has 1 aromatic carbocycles. The third kappa shape index (κ3) is 3.92. The van der Waals surface area contributed by atoms with Gasteiger partial charge >= 0.3 is 0 Å². The van der Waals surface area contributed by atoms with Crippen molar-refractivity contribution in [3.8, 4) is 0 Å². The highest BCUT2D eigenvalue weighted by atomic mass is 32.2. The average Bonchev–Trinajstić information content (AvgIpc) is 2.81. The highest BCUT2D eigenvalue weighted by Gasteiger charge is 2.06. The number of thioether (sulfide) groups is 1. The van der Waals surface area contributed by atoms with E-state index < -0.39 is 0 Å². The molecular formula is C14H15FN2OS. The molecule has 0 radical (unpaired) electrons. The summed E-state index contributed by atoms with van der Waals surface area (Å²) in [4.78, 5) is 16.0. The van der Waals surface area contributed by atoms with Crippen molar-refractivity contribution in [1.29, 1.82) is 0 Å². The van der Waals surface area contributed by atoms with Gasteiger partial charge < -0.3 is 4.57 Å². The fraction of sp³-hybridized carbons (Fsp3) is 0.286. The predicted octanol–water partition coefficient (Wildman–Crippen LogP) is 3.31. The molecule has 0 unspecified atom stereocenters. The van der Waals surface area contributed by atoms with Crippen molar-refractivity contribution >= 4 is 17.5 Å². The monoisotopic (exact) mass is 278 g/mol. The molecule has 19 heavy (non-hydrogen) atoms. The van der Waals surface area contributed by atoms with Crippen molar-refractivity contribution in [3.63, 3.8) is 0 Å². The number of imidazole rings is 1. The van der Waals surface area contributed by atoms with Crippen molar-refractivity contribution in [1.82, 2.24) is 9.55 Å². The second-order valence-corrected chi connectivity index (χ2v) is 5.26. The van der Waals surface area contributed by atoms with Gasteiger partial charge in [0.15, 0.2) is 10.9 Å². The van der Waals surface area contributed by atoms with Crippen LogP contribution in [0.2, 0.25) is 0 Å². The van der Waals surface area contributed by atoms with E-state index in [0.29, 0.717) is 12.0 Å². The van der Waals surface area contributed by atoms with Crippen LogP contribution in [0.15, 0.2) is 41.8 Å². The first-order valence-electron chi connectivity index (χ1n) is 6.05. The number of hydrogen-bond acceptors (Lipinski definition) is 3.